The van der Waals surface area contributed by atoms with E-state index in [1.165, 1.54) is 19.3 Å². The molecule has 25 heavy (non-hydrogen) atoms. The number of rotatable bonds is 3. The molecule has 2 aromatic rings. The van der Waals surface area contributed by atoms with Gasteiger partial charge in [-0.05, 0) is 55.4 Å². The van der Waals surface area contributed by atoms with Crippen LogP contribution in [0.25, 0.3) is 11.0 Å². The van der Waals surface area contributed by atoms with Gasteiger partial charge < -0.3 is 15.0 Å². The van der Waals surface area contributed by atoms with Gasteiger partial charge in [0.25, 0.3) is 0 Å². The van der Waals surface area contributed by atoms with Crippen molar-refractivity contribution in [3.05, 3.63) is 18.2 Å². The highest BCUT2D eigenvalue weighted by Gasteiger charge is 2.43. The van der Waals surface area contributed by atoms with Crippen LogP contribution in [-0.4, -0.2) is 28.1 Å². The molecule has 8 heteroatoms. The van der Waals surface area contributed by atoms with Gasteiger partial charge in [0.1, 0.15) is 11.3 Å². The molecule has 4 N–H and O–H groups in total. The summed E-state index contributed by atoms with van der Waals surface area (Å²) in [6.07, 6.45) is 4.65. The molecule has 1 unspecified atom stereocenters. The average molecular weight is 359 g/mol. The smallest absolute Gasteiger partial charge is 0.241 e. The van der Waals surface area contributed by atoms with E-state index in [-0.39, 0.29) is 16.9 Å². The number of para-hydroxylation sites is 1. The van der Waals surface area contributed by atoms with Crippen molar-refractivity contribution < 1.29 is 9.53 Å². The fraction of sp³-hybridized carbons (Fsp3) is 0.471. The first-order chi connectivity index (χ1) is 12.1. The first kappa shape index (κ1) is 16.1. The molecule has 0 spiro atoms. The van der Waals surface area contributed by atoms with Crippen molar-refractivity contribution >= 4 is 40.2 Å². The molecule has 0 saturated heterocycles. The summed E-state index contributed by atoms with van der Waals surface area (Å²) < 4.78 is 5.30. The minimum Gasteiger partial charge on any atom is -0.494 e. The SMILES string of the molecule is COc1cccc2nc(NC(=S)NNC(=O)C3C[C@H]4CC[C@@H]3C4)[nH]c12. The summed E-state index contributed by atoms with van der Waals surface area (Å²) in [5, 5.41) is 3.23. The molecule has 2 bridgehead atoms. The third kappa shape index (κ3) is 3.13. The van der Waals surface area contributed by atoms with Gasteiger partial charge in [0.05, 0.1) is 12.6 Å². The number of imidazole rings is 1. The number of aromatic nitrogens is 2. The van der Waals surface area contributed by atoms with E-state index in [4.69, 9.17) is 17.0 Å². The highest BCUT2D eigenvalue weighted by Crippen LogP contribution is 2.48. The molecule has 4 rings (SSSR count). The molecule has 1 aromatic heterocycles. The Balaban J connectivity index is 1.34. The number of nitrogens with one attached hydrogen (secondary N) is 4. The summed E-state index contributed by atoms with van der Waals surface area (Å²) in [7, 11) is 1.61. The largest absolute Gasteiger partial charge is 0.494 e. The van der Waals surface area contributed by atoms with Crippen LogP contribution in [-0.2, 0) is 4.79 Å². The zero-order chi connectivity index (χ0) is 17.4. The second-order valence-electron chi connectivity index (χ2n) is 6.79. The Bertz CT molecular complexity index is 820. The van der Waals surface area contributed by atoms with Crippen LogP contribution < -0.4 is 20.9 Å². The zero-order valence-electron chi connectivity index (χ0n) is 14.0. The van der Waals surface area contributed by atoms with E-state index in [0.717, 1.165) is 23.4 Å². The van der Waals surface area contributed by atoms with Gasteiger partial charge in [-0.15, -0.1) is 0 Å². The Morgan fingerprint density at radius 2 is 2.20 bits per heavy atom. The van der Waals surface area contributed by atoms with Crippen LogP contribution in [0.4, 0.5) is 5.95 Å². The Morgan fingerprint density at radius 1 is 1.32 bits per heavy atom. The standard InChI is InChI=1S/C17H21N5O2S/c1-24-13-4-2-3-12-14(13)19-16(18-12)20-17(25)22-21-15(23)11-8-9-5-6-10(11)7-9/h2-4,9-11H,5-8H2,1H3,(H,21,23)(H3,18,19,20,22,25)/t9-,10+,11?/m0/s1. The number of hydrogen-bond donors (Lipinski definition) is 4. The number of hydrogen-bond acceptors (Lipinski definition) is 4. The second kappa shape index (κ2) is 6.51. The van der Waals surface area contributed by atoms with Crippen LogP contribution in [0.5, 0.6) is 5.75 Å². The first-order valence-corrected chi connectivity index (χ1v) is 8.94. The van der Waals surface area contributed by atoms with E-state index in [1.807, 2.05) is 18.2 Å². The van der Waals surface area contributed by atoms with E-state index in [2.05, 4.69) is 26.1 Å². The lowest BCUT2D eigenvalue weighted by atomic mass is 9.88. The van der Waals surface area contributed by atoms with E-state index < -0.39 is 0 Å². The van der Waals surface area contributed by atoms with Crippen molar-refractivity contribution in [2.75, 3.05) is 12.4 Å². The number of methoxy groups -OCH3 is 1. The van der Waals surface area contributed by atoms with E-state index in [0.29, 0.717) is 17.6 Å². The molecule has 1 heterocycles. The van der Waals surface area contributed by atoms with E-state index >= 15 is 0 Å². The van der Waals surface area contributed by atoms with Crippen molar-refractivity contribution in [1.29, 1.82) is 0 Å². The van der Waals surface area contributed by atoms with Crippen molar-refractivity contribution in [3.8, 4) is 5.75 Å². The fourth-order valence-corrected chi connectivity index (χ4v) is 4.30. The summed E-state index contributed by atoms with van der Waals surface area (Å²) in [5.41, 5.74) is 7.06. The van der Waals surface area contributed by atoms with Gasteiger partial charge in [-0.1, -0.05) is 12.5 Å². The molecule has 2 aliphatic rings. The van der Waals surface area contributed by atoms with Crippen molar-refractivity contribution in [2.45, 2.75) is 25.7 Å². The molecule has 2 saturated carbocycles. The molecule has 132 valence electrons. The molecule has 1 amide bonds. The Kier molecular flexibility index (Phi) is 4.20. The van der Waals surface area contributed by atoms with Crippen LogP contribution >= 0.6 is 12.2 Å². The van der Waals surface area contributed by atoms with Crippen molar-refractivity contribution in [2.24, 2.45) is 17.8 Å². The predicted molar refractivity (Wildman–Crippen MR) is 99.1 cm³/mol. The van der Waals surface area contributed by atoms with Gasteiger partial charge in [-0.2, -0.15) is 0 Å². The van der Waals surface area contributed by atoms with Gasteiger partial charge >= 0.3 is 0 Å². The van der Waals surface area contributed by atoms with Gasteiger partial charge in [0.2, 0.25) is 11.9 Å². The van der Waals surface area contributed by atoms with Gasteiger partial charge in [-0.3, -0.25) is 15.6 Å². The lowest BCUT2D eigenvalue weighted by Crippen LogP contribution is -2.47. The number of thiocarbonyl (C=S) groups is 1. The third-order valence-electron chi connectivity index (χ3n) is 5.31. The van der Waals surface area contributed by atoms with Gasteiger partial charge in [-0.25, -0.2) is 4.98 Å². The Morgan fingerprint density at radius 3 is 2.92 bits per heavy atom. The number of amides is 1. The molecule has 3 atom stereocenters. The van der Waals surface area contributed by atoms with Crippen LogP contribution in [0.3, 0.4) is 0 Å². The minimum atomic E-state index is 0.0302. The maximum absolute atomic E-state index is 12.3. The summed E-state index contributed by atoms with van der Waals surface area (Å²) >= 11 is 5.23. The predicted octanol–water partition coefficient (Wildman–Crippen LogP) is 2.33. The van der Waals surface area contributed by atoms with E-state index in [1.54, 1.807) is 7.11 Å². The minimum absolute atomic E-state index is 0.0302. The summed E-state index contributed by atoms with van der Waals surface area (Å²) in [4.78, 5) is 19.8. The van der Waals surface area contributed by atoms with Crippen LogP contribution in [0.15, 0.2) is 18.2 Å². The number of anilines is 1. The average Bonchev–Trinajstić information content (AvgIpc) is 3.33. The van der Waals surface area contributed by atoms with Crippen LogP contribution in [0.2, 0.25) is 0 Å². The molecule has 2 aliphatic carbocycles. The summed E-state index contributed by atoms with van der Waals surface area (Å²) in [5.74, 6) is 2.62. The number of ether oxygens (including phenoxy) is 1. The fourth-order valence-electron chi connectivity index (χ4n) is 4.15. The quantitative estimate of drug-likeness (QED) is 0.497. The molecule has 2 fully saturated rings. The maximum atomic E-state index is 12.3. The summed E-state index contributed by atoms with van der Waals surface area (Å²) in [6.45, 7) is 0. The lowest BCUT2D eigenvalue weighted by molar-refractivity contribution is -0.127. The second-order valence-corrected chi connectivity index (χ2v) is 7.20. The molecular weight excluding hydrogens is 338 g/mol. The number of nitrogens with zero attached hydrogens (tertiary/aromatic N) is 1. The normalized spacial score (nSPS) is 24.3. The lowest BCUT2D eigenvalue weighted by Gasteiger charge is -2.21. The number of carbonyl (C=O) groups excluding carboxylic acids is 1. The van der Waals surface area contributed by atoms with Crippen molar-refractivity contribution in [3.63, 3.8) is 0 Å². The van der Waals surface area contributed by atoms with Crippen LogP contribution in [0, 0.1) is 17.8 Å². The number of carbonyl (C=O) groups is 1. The number of benzene rings is 1. The van der Waals surface area contributed by atoms with Crippen LogP contribution in [0.1, 0.15) is 25.7 Å². The highest BCUT2D eigenvalue weighted by atomic mass is 32.1. The molecule has 0 aliphatic heterocycles. The molecule has 1 aromatic carbocycles. The van der Waals surface area contributed by atoms with Gasteiger partial charge in [0.15, 0.2) is 5.11 Å². The first-order valence-electron chi connectivity index (χ1n) is 8.53. The number of H-pyrrole nitrogens is 1. The van der Waals surface area contributed by atoms with Crippen molar-refractivity contribution in [1.82, 2.24) is 20.8 Å². The molecular formula is C17H21N5O2S. The number of aromatic amines is 1. The maximum Gasteiger partial charge on any atom is 0.241 e. The Hall–Kier alpha value is -2.35. The third-order valence-corrected chi connectivity index (χ3v) is 5.51. The van der Waals surface area contributed by atoms with Gasteiger partial charge in [0, 0.05) is 5.92 Å². The molecule has 7 nitrogen and oxygen atoms in total. The zero-order valence-corrected chi connectivity index (χ0v) is 14.8. The number of hydrazine groups is 1. The Labute approximate surface area is 150 Å². The number of fused-ring (bicyclic) bond motifs is 3. The van der Waals surface area contributed by atoms with E-state index in [9.17, 15) is 4.79 Å². The summed E-state index contributed by atoms with van der Waals surface area (Å²) in [6, 6.07) is 5.61. The molecule has 0 radical (unpaired) electrons. The monoisotopic (exact) mass is 359 g/mol. The topological polar surface area (TPSA) is 91.1 Å². The highest BCUT2D eigenvalue weighted by molar-refractivity contribution is 7.80.